The zero-order chi connectivity index (χ0) is 27.1. The summed E-state index contributed by atoms with van der Waals surface area (Å²) in [6, 6.07) is 15.2. The number of aryl methyl sites for hydroxylation is 1. The van der Waals surface area contributed by atoms with Crippen LogP contribution in [0, 0.1) is 42.1 Å². The van der Waals surface area contributed by atoms with E-state index in [4.69, 9.17) is 9.47 Å². The first-order valence-corrected chi connectivity index (χ1v) is 11.8. The molecule has 0 saturated heterocycles. The number of nitriles is 1. The summed E-state index contributed by atoms with van der Waals surface area (Å²) < 4.78 is 11.9. The van der Waals surface area contributed by atoms with Gasteiger partial charge in [-0.1, -0.05) is 17.7 Å². The molecule has 11 nitrogen and oxygen atoms in total. The number of anilines is 1. The summed E-state index contributed by atoms with van der Waals surface area (Å²) in [5.74, 6) is -0.474. The molecule has 3 aromatic rings. The standard InChI is InChI=1S/C25H19IN4O7/c1-3-36-23-12-16(10-17(14-27)25(31)28-18-6-4-15(2)5-7-18)11-20(26)24(23)37-22-9-8-19(29(32)33)13-21(22)30(34)35/h4-13H,3H2,1-2H3,(H,28,31)/b17-10-. The minimum absolute atomic E-state index is 0.138. The fourth-order valence-electron chi connectivity index (χ4n) is 3.14. The molecule has 188 valence electrons. The van der Waals surface area contributed by atoms with E-state index >= 15 is 0 Å². The van der Waals surface area contributed by atoms with Gasteiger partial charge in [0.2, 0.25) is 5.75 Å². The zero-order valence-corrected chi connectivity index (χ0v) is 21.7. The van der Waals surface area contributed by atoms with Gasteiger partial charge in [-0.25, -0.2) is 0 Å². The van der Waals surface area contributed by atoms with Crippen LogP contribution in [0.1, 0.15) is 18.1 Å². The number of nitrogens with one attached hydrogen (secondary N) is 1. The largest absolute Gasteiger partial charge is 0.490 e. The van der Waals surface area contributed by atoms with Crippen molar-refractivity contribution >= 4 is 51.6 Å². The fourth-order valence-corrected chi connectivity index (χ4v) is 3.88. The number of benzene rings is 3. The number of hydrogen-bond donors (Lipinski definition) is 1. The predicted molar refractivity (Wildman–Crippen MR) is 144 cm³/mol. The average molecular weight is 614 g/mol. The summed E-state index contributed by atoms with van der Waals surface area (Å²) in [5.41, 5.74) is 0.818. The van der Waals surface area contributed by atoms with Crippen LogP contribution in [0.5, 0.6) is 17.2 Å². The number of rotatable bonds is 9. The monoisotopic (exact) mass is 614 g/mol. The molecule has 0 saturated carbocycles. The Morgan fingerprint density at radius 1 is 1.08 bits per heavy atom. The molecule has 0 bridgehead atoms. The highest BCUT2D eigenvalue weighted by Gasteiger charge is 2.23. The molecule has 0 atom stereocenters. The highest BCUT2D eigenvalue weighted by atomic mass is 127. The van der Waals surface area contributed by atoms with Crippen LogP contribution in [0.3, 0.4) is 0 Å². The summed E-state index contributed by atoms with van der Waals surface area (Å²) in [4.78, 5) is 33.6. The van der Waals surface area contributed by atoms with Crippen molar-refractivity contribution in [3.05, 3.63) is 95.1 Å². The second-order valence-electron chi connectivity index (χ2n) is 7.52. The van der Waals surface area contributed by atoms with Gasteiger partial charge in [0.15, 0.2) is 11.5 Å². The normalized spacial score (nSPS) is 10.8. The van der Waals surface area contributed by atoms with Crippen molar-refractivity contribution in [1.29, 1.82) is 5.26 Å². The first kappa shape index (κ1) is 27.1. The van der Waals surface area contributed by atoms with E-state index in [1.807, 2.05) is 47.7 Å². The van der Waals surface area contributed by atoms with Crippen LogP contribution < -0.4 is 14.8 Å². The molecule has 0 fully saturated rings. The van der Waals surface area contributed by atoms with E-state index in [9.17, 15) is 30.3 Å². The number of hydrogen-bond acceptors (Lipinski definition) is 8. The molecule has 0 spiro atoms. The van der Waals surface area contributed by atoms with E-state index < -0.39 is 27.1 Å². The van der Waals surface area contributed by atoms with Gasteiger partial charge in [-0.2, -0.15) is 5.26 Å². The van der Waals surface area contributed by atoms with Crippen LogP contribution in [-0.4, -0.2) is 22.4 Å². The SMILES string of the molecule is CCOc1cc(/C=C(/C#N)C(=O)Nc2ccc(C)cc2)cc(I)c1Oc1ccc([N+](=O)[O-])cc1[N+](=O)[O-]. The smallest absolute Gasteiger partial charge is 0.318 e. The third kappa shape index (κ3) is 6.79. The Balaban J connectivity index is 1.97. The van der Waals surface area contributed by atoms with Crippen LogP contribution >= 0.6 is 22.6 Å². The minimum Gasteiger partial charge on any atom is -0.490 e. The Morgan fingerprint density at radius 2 is 1.78 bits per heavy atom. The molecule has 0 aromatic heterocycles. The first-order chi connectivity index (χ1) is 17.6. The Hall–Kier alpha value is -4.51. The van der Waals surface area contributed by atoms with Crippen molar-refractivity contribution < 1.29 is 24.1 Å². The number of nitro benzene ring substituents is 2. The lowest BCUT2D eigenvalue weighted by molar-refractivity contribution is -0.394. The lowest BCUT2D eigenvalue weighted by Crippen LogP contribution is -2.13. The summed E-state index contributed by atoms with van der Waals surface area (Å²) >= 11 is 1.93. The maximum absolute atomic E-state index is 12.6. The lowest BCUT2D eigenvalue weighted by atomic mass is 10.1. The second kappa shape index (κ2) is 12.0. The van der Waals surface area contributed by atoms with E-state index in [-0.39, 0.29) is 29.4 Å². The predicted octanol–water partition coefficient (Wildman–Crippen LogP) is 6.15. The number of carbonyl (C=O) groups excluding carboxylic acids is 1. The molecule has 3 aromatic carbocycles. The van der Waals surface area contributed by atoms with Gasteiger partial charge in [0.25, 0.3) is 11.6 Å². The second-order valence-corrected chi connectivity index (χ2v) is 8.68. The minimum atomic E-state index is -0.779. The molecule has 12 heteroatoms. The molecular weight excluding hydrogens is 595 g/mol. The van der Waals surface area contributed by atoms with Crippen molar-refractivity contribution in [1.82, 2.24) is 0 Å². The lowest BCUT2D eigenvalue weighted by Gasteiger charge is -2.14. The third-order valence-electron chi connectivity index (χ3n) is 4.88. The zero-order valence-electron chi connectivity index (χ0n) is 19.6. The Morgan fingerprint density at radius 3 is 2.38 bits per heavy atom. The molecule has 0 aliphatic heterocycles. The van der Waals surface area contributed by atoms with Gasteiger partial charge in [0, 0.05) is 11.8 Å². The van der Waals surface area contributed by atoms with Gasteiger partial charge in [-0.15, -0.1) is 0 Å². The van der Waals surface area contributed by atoms with Crippen molar-refractivity contribution in [3.8, 4) is 23.3 Å². The topological polar surface area (TPSA) is 158 Å². The number of nitro groups is 2. The van der Waals surface area contributed by atoms with Gasteiger partial charge in [0.05, 0.1) is 26.1 Å². The van der Waals surface area contributed by atoms with Gasteiger partial charge in [0.1, 0.15) is 11.6 Å². The van der Waals surface area contributed by atoms with E-state index in [2.05, 4.69) is 5.32 Å². The molecule has 3 rings (SSSR count). The van der Waals surface area contributed by atoms with E-state index in [0.29, 0.717) is 14.8 Å². The summed E-state index contributed by atoms with van der Waals surface area (Å²) in [5, 5.41) is 34.7. The summed E-state index contributed by atoms with van der Waals surface area (Å²) in [6.45, 7) is 3.86. The van der Waals surface area contributed by atoms with Crippen molar-refractivity contribution in [2.75, 3.05) is 11.9 Å². The van der Waals surface area contributed by atoms with Crippen LogP contribution in [0.4, 0.5) is 17.1 Å². The van der Waals surface area contributed by atoms with E-state index in [1.54, 1.807) is 25.1 Å². The van der Waals surface area contributed by atoms with Crippen LogP contribution in [0.25, 0.3) is 6.08 Å². The Kier molecular flexibility index (Phi) is 8.75. The molecule has 0 radical (unpaired) electrons. The van der Waals surface area contributed by atoms with E-state index in [1.165, 1.54) is 12.1 Å². The number of halogens is 1. The molecule has 1 amide bonds. The maximum Gasteiger partial charge on any atom is 0.318 e. The van der Waals surface area contributed by atoms with Crippen LogP contribution in [-0.2, 0) is 4.79 Å². The fraction of sp³-hybridized carbons (Fsp3) is 0.120. The highest BCUT2D eigenvalue weighted by Crippen LogP contribution is 2.41. The Labute approximate surface area is 224 Å². The van der Waals surface area contributed by atoms with Gasteiger partial charge < -0.3 is 14.8 Å². The number of ether oxygens (including phenoxy) is 2. The Bertz CT molecular complexity index is 1450. The van der Waals surface area contributed by atoms with Crippen LogP contribution in [0.15, 0.2) is 60.2 Å². The average Bonchev–Trinajstić information content (AvgIpc) is 2.86. The molecule has 0 unspecified atom stereocenters. The number of carbonyl (C=O) groups is 1. The first-order valence-electron chi connectivity index (χ1n) is 10.7. The van der Waals surface area contributed by atoms with Gasteiger partial charge >= 0.3 is 5.69 Å². The molecule has 0 aliphatic carbocycles. The van der Waals surface area contributed by atoms with Crippen molar-refractivity contribution in [2.45, 2.75) is 13.8 Å². The van der Waals surface area contributed by atoms with Crippen LogP contribution in [0.2, 0.25) is 0 Å². The highest BCUT2D eigenvalue weighted by molar-refractivity contribution is 14.1. The van der Waals surface area contributed by atoms with E-state index in [0.717, 1.165) is 23.8 Å². The molecule has 0 aliphatic rings. The summed E-state index contributed by atoms with van der Waals surface area (Å²) in [6.07, 6.45) is 1.38. The molecule has 37 heavy (non-hydrogen) atoms. The number of nitrogens with zero attached hydrogens (tertiary/aromatic N) is 3. The van der Waals surface area contributed by atoms with Gasteiger partial charge in [-0.05, 0) is 78.4 Å². The van der Waals surface area contributed by atoms with Gasteiger partial charge in [-0.3, -0.25) is 25.0 Å². The molecule has 0 heterocycles. The maximum atomic E-state index is 12.6. The van der Waals surface area contributed by atoms with Crippen molar-refractivity contribution in [2.24, 2.45) is 0 Å². The molecular formula is C25H19IN4O7. The number of non-ortho nitro benzene ring substituents is 1. The quantitative estimate of drug-likeness (QED) is 0.0988. The third-order valence-corrected chi connectivity index (χ3v) is 5.68. The molecule has 1 N–H and O–H groups in total. The number of amides is 1. The summed E-state index contributed by atoms with van der Waals surface area (Å²) in [7, 11) is 0. The van der Waals surface area contributed by atoms with Crippen molar-refractivity contribution in [3.63, 3.8) is 0 Å².